The fourth-order valence-electron chi connectivity index (χ4n) is 3.03. The summed E-state index contributed by atoms with van der Waals surface area (Å²) in [6.07, 6.45) is 3.25. The number of hydrogen-bond donors (Lipinski definition) is 1. The third kappa shape index (κ3) is 5.27. The van der Waals surface area contributed by atoms with E-state index in [0.717, 1.165) is 11.1 Å². The van der Waals surface area contributed by atoms with Crippen molar-refractivity contribution >= 4 is 11.9 Å². The molecule has 1 amide bonds. The van der Waals surface area contributed by atoms with Crippen LogP contribution in [0.5, 0.6) is 0 Å². The molecule has 2 aromatic carbocycles. The molecule has 0 radical (unpaired) electrons. The standard InChI is InChI=1S/C24H20N2O5/c27-23(20-12-7-13-29-20)26-19(14-17-8-3-1-4-9-17)24(28)30-16-22-25-15-21(31-22)18-10-5-2-6-11-18/h1-13,15,19H,14,16H2,(H,26,27). The molecular formula is C24H20N2O5. The van der Waals surface area contributed by atoms with Crippen molar-refractivity contribution in [2.45, 2.75) is 19.1 Å². The van der Waals surface area contributed by atoms with Gasteiger partial charge in [-0.05, 0) is 17.7 Å². The summed E-state index contributed by atoms with van der Waals surface area (Å²) in [5.41, 5.74) is 1.76. The van der Waals surface area contributed by atoms with Gasteiger partial charge in [-0.1, -0.05) is 60.7 Å². The lowest BCUT2D eigenvalue weighted by molar-refractivity contribution is -0.148. The number of oxazole rings is 1. The number of carbonyl (C=O) groups excluding carboxylic acids is 2. The minimum Gasteiger partial charge on any atom is -0.459 e. The van der Waals surface area contributed by atoms with Crippen LogP contribution in [-0.4, -0.2) is 22.9 Å². The smallest absolute Gasteiger partial charge is 0.329 e. The van der Waals surface area contributed by atoms with Gasteiger partial charge in [0.1, 0.15) is 6.04 Å². The molecule has 4 aromatic rings. The zero-order valence-corrected chi connectivity index (χ0v) is 16.6. The highest BCUT2D eigenvalue weighted by atomic mass is 16.5. The van der Waals surface area contributed by atoms with Crippen LogP contribution in [0.25, 0.3) is 11.3 Å². The minimum absolute atomic E-state index is 0.117. The quantitative estimate of drug-likeness (QED) is 0.436. The van der Waals surface area contributed by atoms with Gasteiger partial charge in [0.2, 0.25) is 5.89 Å². The molecular weight excluding hydrogens is 396 g/mol. The van der Waals surface area contributed by atoms with Gasteiger partial charge >= 0.3 is 5.97 Å². The normalized spacial score (nSPS) is 11.6. The Morgan fingerprint density at radius 1 is 0.968 bits per heavy atom. The summed E-state index contributed by atoms with van der Waals surface area (Å²) in [7, 11) is 0. The Morgan fingerprint density at radius 3 is 2.42 bits per heavy atom. The van der Waals surface area contributed by atoms with E-state index in [9.17, 15) is 9.59 Å². The maximum absolute atomic E-state index is 12.8. The van der Waals surface area contributed by atoms with E-state index in [1.54, 1.807) is 12.3 Å². The summed E-state index contributed by atoms with van der Waals surface area (Å²) < 4.78 is 16.2. The van der Waals surface area contributed by atoms with E-state index in [2.05, 4.69) is 10.3 Å². The number of nitrogens with zero attached hydrogens (tertiary/aromatic N) is 1. The molecule has 0 aliphatic carbocycles. The Balaban J connectivity index is 1.42. The highest BCUT2D eigenvalue weighted by molar-refractivity contribution is 5.94. The molecule has 1 unspecified atom stereocenters. The molecule has 0 fully saturated rings. The third-order valence-corrected chi connectivity index (χ3v) is 4.57. The van der Waals surface area contributed by atoms with Crippen LogP contribution in [0.3, 0.4) is 0 Å². The fraction of sp³-hybridized carbons (Fsp3) is 0.125. The number of carbonyl (C=O) groups is 2. The number of nitrogens with one attached hydrogen (secondary N) is 1. The Hall–Kier alpha value is -4.13. The van der Waals surface area contributed by atoms with Crippen molar-refractivity contribution in [3.05, 3.63) is 102 Å². The second-order valence-corrected chi connectivity index (χ2v) is 6.79. The maximum Gasteiger partial charge on any atom is 0.329 e. The monoisotopic (exact) mass is 416 g/mol. The number of rotatable bonds is 8. The van der Waals surface area contributed by atoms with E-state index in [0.29, 0.717) is 5.76 Å². The van der Waals surface area contributed by atoms with Crippen LogP contribution in [0.1, 0.15) is 22.0 Å². The number of amides is 1. The summed E-state index contributed by atoms with van der Waals surface area (Å²) in [4.78, 5) is 29.3. The molecule has 0 saturated carbocycles. The average Bonchev–Trinajstić information content (AvgIpc) is 3.51. The van der Waals surface area contributed by atoms with Crippen LogP contribution in [0.15, 0.2) is 94.1 Å². The van der Waals surface area contributed by atoms with Gasteiger partial charge in [0.25, 0.3) is 5.91 Å². The number of benzene rings is 2. The number of hydrogen-bond acceptors (Lipinski definition) is 6. The van der Waals surface area contributed by atoms with E-state index in [1.165, 1.54) is 12.3 Å². The lowest BCUT2D eigenvalue weighted by Gasteiger charge is -2.17. The molecule has 31 heavy (non-hydrogen) atoms. The molecule has 2 aromatic heterocycles. The molecule has 1 N–H and O–H groups in total. The Bertz CT molecular complexity index is 1120. The van der Waals surface area contributed by atoms with Crippen LogP contribution in [0.2, 0.25) is 0 Å². The molecule has 156 valence electrons. The van der Waals surface area contributed by atoms with Crippen molar-refractivity contribution in [1.29, 1.82) is 0 Å². The van der Waals surface area contributed by atoms with Gasteiger partial charge in [-0.25, -0.2) is 9.78 Å². The maximum atomic E-state index is 12.8. The summed E-state index contributed by atoms with van der Waals surface area (Å²) in [5.74, 6) is -0.124. The van der Waals surface area contributed by atoms with E-state index in [-0.39, 0.29) is 24.7 Å². The van der Waals surface area contributed by atoms with Gasteiger partial charge in [0.15, 0.2) is 18.1 Å². The predicted octanol–water partition coefficient (Wildman–Crippen LogP) is 4.02. The first-order valence-corrected chi connectivity index (χ1v) is 9.74. The summed E-state index contributed by atoms with van der Waals surface area (Å²) in [5, 5.41) is 2.68. The molecule has 0 aliphatic heterocycles. The van der Waals surface area contributed by atoms with Crippen molar-refractivity contribution in [2.75, 3.05) is 0 Å². The van der Waals surface area contributed by atoms with Crippen LogP contribution in [0, 0.1) is 0 Å². The Morgan fingerprint density at radius 2 is 1.71 bits per heavy atom. The zero-order chi connectivity index (χ0) is 21.5. The van der Waals surface area contributed by atoms with Crippen molar-refractivity contribution in [1.82, 2.24) is 10.3 Å². The number of esters is 1. The fourth-order valence-corrected chi connectivity index (χ4v) is 3.03. The van der Waals surface area contributed by atoms with Crippen molar-refractivity contribution < 1.29 is 23.2 Å². The van der Waals surface area contributed by atoms with Gasteiger partial charge in [-0.15, -0.1) is 0 Å². The van der Waals surface area contributed by atoms with Gasteiger partial charge in [0.05, 0.1) is 12.5 Å². The molecule has 1 atom stereocenters. The predicted molar refractivity (Wildman–Crippen MR) is 112 cm³/mol. The van der Waals surface area contributed by atoms with Crippen LogP contribution in [0.4, 0.5) is 0 Å². The summed E-state index contributed by atoms with van der Waals surface area (Å²) in [6, 6.07) is 21.1. The molecule has 0 saturated heterocycles. The highest BCUT2D eigenvalue weighted by Crippen LogP contribution is 2.20. The molecule has 0 bridgehead atoms. The first-order valence-electron chi connectivity index (χ1n) is 9.74. The minimum atomic E-state index is -0.899. The van der Waals surface area contributed by atoms with E-state index in [1.807, 2.05) is 60.7 Å². The number of furan rings is 1. The van der Waals surface area contributed by atoms with Crippen LogP contribution in [-0.2, 0) is 22.6 Å². The topological polar surface area (TPSA) is 94.6 Å². The Labute approximate surface area is 178 Å². The molecule has 0 spiro atoms. The van der Waals surface area contributed by atoms with Gasteiger partial charge in [-0.3, -0.25) is 4.79 Å². The van der Waals surface area contributed by atoms with E-state index < -0.39 is 17.9 Å². The first kappa shape index (κ1) is 20.2. The van der Waals surface area contributed by atoms with Crippen LogP contribution >= 0.6 is 0 Å². The van der Waals surface area contributed by atoms with E-state index >= 15 is 0 Å². The van der Waals surface area contributed by atoms with Crippen molar-refractivity contribution in [2.24, 2.45) is 0 Å². The number of ether oxygens (including phenoxy) is 1. The van der Waals surface area contributed by atoms with Gasteiger partial charge < -0.3 is 18.9 Å². The summed E-state index contributed by atoms with van der Waals surface area (Å²) >= 11 is 0. The lowest BCUT2D eigenvalue weighted by atomic mass is 10.1. The van der Waals surface area contributed by atoms with E-state index in [4.69, 9.17) is 13.6 Å². The molecule has 2 heterocycles. The van der Waals surface area contributed by atoms with Crippen molar-refractivity contribution in [3.63, 3.8) is 0 Å². The number of aromatic nitrogens is 1. The van der Waals surface area contributed by atoms with Crippen LogP contribution < -0.4 is 5.32 Å². The lowest BCUT2D eigenvalue weighted by Crippen LogP contribution is -2.43. The summed E-state index contributed by atoms with van der Waals surface area (Å²) in [6.45, 7) is -0.145. The first-order chi connectivity index (χ1) is 15.2. The Kier molecular flexibility index (Phi) is 6.23. The molecule has 0 aliphatic rings. The average molecular weight is 416 g/mol. The van der Waals surface area contributed by atoms with Gasteiger partial charge in [-0.2, -0.15) is 0 Å². The van der Waals surface area contributed by atoms with Gasteiger partial charge in [0, 0.05) is 12.0 Å². The molecule has 7 heteroatoms. The third-order valence-electron chi connectivity index (χ3n) is 4.57. The largest absolute Gasteiger partial charge is 0.459 e. The molecule has 4 rings (SSSR count). The zero-order valence-electron chi connectivity index (χ0n) is 16.6. The second-order valence-electron chi connectivity index (χ2n) is 6.79. The highest BCUT2D eigenvalue weighted by Gasteiger charge is 2.25. The molecule has 7 nitrogen and oxygen atoms in total. The van der Waals surface area contributed by atoms with Crippen molar-refractivity contribution in [3.8, 4) is 11.3 Å². The second kappa shape index (κ2) is 9.58. The SMILES string of the molecule is O=C(NC(Cc1ccccc1)C(=O)OCc1ncc(-c2ccccc2)o1)c1ccco1.